The molecule has 2 heterocycles. The predicted octanol–water partition coefficient (Wildman–Crippen LogP) is 5.06. The Morgan fingerprint density at radius 3 is 2.33 bits per heavy atom. The lowest BCUT2D eigenvalue weighted by Gasteiger charge is -2.16. The third-order valence-electron chi connectivity index (χ3n) is 4.66. The summed E-state index contributed by atoms with van der Waals surface area (Å²) in [6, 6.07) is 8.99. The topological polar surface area (TPSA) is 79.1 Å². The second-order valence-electron chi connectivity index (χ2n) is 6.75. The summed E-state index contributed by atoms with van der Waals surface area (Å²) in [6.07, 6.45) is 0.163. The van der Waals surface area contributed by atoms with Crippen LogP contribution >= 0.6 is 0 Å². The zero-order chi connectivity index (χ0) is 23.6. The fraction of sp³-hybridized carbons (Fsp3) is 0.182. The van der Waals surface area contributed by atoms with Crippen LogP contribution in [-0.2, 0) is 0 Å². The molecule has 0 aliphatic carbocycles. The number of hydrogen-bond donors (Lipinski definition) is 1. The monoisotopic (exact) mass is 460 g/mol. The van der Waals surface area contributed by atoms with Crippen LogP contribution in [0.25, 0.3) is 16.9 Å². The van der Waals surface area contributed by atoms with E-state index in [4.69, 9.17) is 14.2 Å². The number of hydrogen-bond acceptors (Lipinski definition) is 7. The van der Waals surface area contributed by atoms with E-state index in [9.17, 15) is 13.2 Å². The number of benzene rings is 2. The van der Waals surface area contributed by atoms with Gasteiger partial charge in [0.1, 0.15) is 5.75 Å². The number of alkyl halides is 3. The zero-order valence-corrected chi connectivity index (χ0v) is 17.8. The summed E-state index contributed by atoms with van der Waals surface area (Å²) >= 11 is 0. The number of nitrogens with one attached hydrogen (secondary N) is 1. The molecule has 0 bridgehead atoms. The molecule has 1 N–H and O–H groups in total. The van der Waals surface area contributed by atoms with Gasteiger partial charge in [-0.3, -0.25) is 0 Å². The third kappa shape index (κ3) is 4.71. The number of imidazole rings is 1. The van der Waals surface area contributed by atoms with Crippen LogP contribution in [0.15, 0.2) is 55.0 Å². The Hall–Kier alpha value is -4.15. The molecule has 0 spiro atoms. The largest absolute Gasteiger partial charge is 0.573 e. The number of rotatable bonds is 7. The molecule has 2 aromatic heterocycles. The lowest BCUT2D eigenvalue weighted by molar-refractivity contribution is -0.274. The van der Waals surface area contributed by atoms with E-state index in [1.54, 1.807) is 41.2 Å². The minimum absolute atomic E-state index is 0.341. The van der Waals surface area contributed by atoms with Crippen LogP contribution in [0, 0.1) is 0 Å². The van der Waals surface area contributed by atoms with E-state index in [1.165, 1.54) is 39.5 Å². The average Bonchev–Trinajstić information content (AvgIpc) is 3.26. The molecule has 0 atom stereocenters. The van der Waals surface area contributed by atoms with Gasteiger partial charge < -0.3 is 28.7 Å². The van der Waals surface area contributed by atoms with E-state index in [1.807, 2.05) is 0 Å². The fourth-order valence-electron chi connectivity index (χ4n) is 3.30. The molecule has 33 heavy (non-hydrogen) atoms. The molecule has 0 aliphatic heterocycles. The SMILES string of the molecule is COc1cc(Nc2nc(-c3cccc(OC(F)(F)F)c3)cn3ccnc23)cc(OC)c1OC. The summed E-state index contributed by atoms with van der Waals surface area (Å²) in [4.78, 5) is 8.90. The zero-order valence-electron chi connectivity index (χ0n) is 17.8. The van der Waals surface area contributed by atoms with Gasteiger partial charge in [-0.1, -0.05) is 12.1 Å². The molecule has 2 aromatic carbocycles. The first-order valence-corrected chi connectivity index (χ1v) is 9.58. The lowest BCUT2D eigenvalue weighted by atomic mass is 10.1. The number of halogens is 3. The predicted molar refractivity (Wildman–Crippen MR) is 114 cm³/mol. The Labute approximate surface area is 186 Å². The van der Waals surface area contributed by atoms with Crippen molar-refractivity contribution in [2.45, 2.75) is 6.36 Å². The molecule has 0 saturated carbocycles. The van der Waals surface area contributed by atoms with Gasteiger partial charge in [0, 0.05) is 42.0 Å². The van der Waals surface area contributed by atoms with Gasteiger partial charge in [0.05, 0.1) is 27.0 Å². The Kier molecular flexibility index (Phi) is 5.86. The van der Waals surface area contributed by atoms with Crippen LogP contribution in [0.2, 0.25) is 0 Å². The van der Waals surface area contributed by atoms with Crippen LogP contribution in [0.4, 0.5) is 24.7 Å². The van der Waals surface area contributed by atoms with E-state index in [-0.39, 0.29) is 5.75 Å². The van der Waals surface area contributed by atoms with Crippen LogP contribution in [0.1, 0.15) is 0 Å². The summed E-state index contributed by atoms with van der Waals surface area (Å²) in [6.45, 7) is 0. The van der Waals surface area contributed by atoms with Crippen molar-refractivity contribution in [3.63, 3.8) is 0 Å². The molecular weight excluding hydrogens is 441 g/mol. The van der Waals surface area contributed by atoms with Gasteiger partial charge in [0.15, 0.2) is 23.0 Å². The standard InChI is InChI=1S/C22H19F3N4O4/c1-30-17-10-14(11-18(31-2)19(17)32-3)27-20-21-26-7-8-29(21)12-16(28-20)13-5-4-6-15(9-13)33-22(23,24)25/h4-12H,1-3H3,(H,27,28). The average molecular weight is 460 g/mol. The van der Waals surface area contributed by atoms with Crippen molar-refractivity contribution in [3.8, 4) is 34.3 Å². The van der Waals surface area contributed by atoms with E-state index in [2.05, 4.69) is 20.0 Å². The number of nitrogens with zero attached hydrogens (tertiary/aromatic N) is 3. The quantitative estimate of drug-likeness (QED) is 0.413. The first-order valence-electron chi connectivity index (χ1n) is 9.58. The maximum atomic E-state index is 12.6. The minimum Gasteiger partial charge on any atom is -0.493 e. The highest BCUT2D eigenvalue weighted by Crippen LogP contribution is 2.41. The smallest absolute Gasteiger partial charge is 0.493 e. The van der Waals surface area contributed by atoms with Crippen molar-refractivity contribution >= 4 is 17.2 Å². The van der Waals surface area contributed by atoms with Gasteiger partial charge in [0.25, 0.3) is 0 Å². The number of aromatic nitrogens is 3. The summed E-state index contributed by atoms with van der Waals surface area (Å²) in [5.41, 5.74) is 1.92. The van der Waals surface area contributed by atoms with Crippen molar-refractivity contribution in [3.05, 3.63) is 55.0 Å². The van der Waals surface area contributed by atoms with Gasteiger partial charge >= 0.3 is 6.36 Å². The first-order chi connectivity index (χ1) is 15.8. The van der Waals surface area contributed by atoms with E-state index in [0.717, 1.165) is 0 Å². The number of ether oxygens (including phenoxy) is 4. The van der Waals surface area contributed by atoms with Gasteiger partial charge in [-0.25, -0.2) is 9.97 Å². The van der Waals surface area contributed by atoms with Crippen molar-refractivity contribution in [1.82, 2.24) is 14.4 Å². The van der Waals surface area contributed by atoms with Gasteiger partial charge in [0.2, 0.25) is 5.75 Å². The molecule has 172 valence electrons. The Bertz CT molecular complexity index is 1270. The lowest BCUT2D eigenvalue weighted by Crippen LogP contribution is -2.17. The number of anilines is 2. The maximum absolute atomic E-state index is 12.6. The fourth-order valence-corrected chi connectivity index (χ4v) is 3.30. The molecule has 0 aliphatic rings. The molecule has 0 unspecified atom stereocenters. The summed E-state index contributed by atoms with van der Waals surface area (Å²) in [5, 5.41) is 3.18. The number of methoxy groups -OCH3 is 3. The molecule has 0 amide bonds. The molecular formula is C22H19F3N4O4. The maximum Gasteiger partial charge on any atom is 0.573 e. The molecule has 4 rings (SSSR count). The van der Waals surface area contributed by atoms with Crippen LogP contribution in [-0.4, -0.2) is 42.1 Å². The van der Waals surface area contributed by atoms with Crippen molar-refractivity contribution in [2.75, 3.05) is 26.6 Å². The molecule has 8 nitrogen and oxygen atoms in total. The number of fused-ring (bicyclic) bond motifs is 1. The summed E-state index contributed by atoms with van der Waals surface area (Å²) in [7, 11) is 4.51. The van der Waals surface area contributed by atoms with Gasteiger partial charge in [-0.2, -0.15) is 0 Å². The van der Waals surface area contributed by atoms with Crippen molar-refractivity contribution in [2.24, 2.45) is 0 Å². The summed E-state index contributed by atoms with van der Waals surface area (Å²) < 4.78 is 59.8. The third-order valence-corrected chi connectivity index (χ3v) is 4.66. The molecule has 4 aromatic rings. The van der Waals surface area contributed by atoms with Gasteiger partial charge in [-0.15, -0.1) is 13.2 Å². The van der Waals surface area contributed by atoms with Crippen LogP contribution < -0.4 is 24.3 Å². The van der Waals surface area contributed by atoms with Crippen molar-refractivity contribution < 1.29 is 32.1 Å². The molecule has 0 fully saturated rings. The molecule has 0 radical (unpaired) electrons. The highest BCUT2D eigenvalue weighted by molar-refractivity contribution is 5.76. The Balaban J connectivity index is 1.76. The van der Waals surface area contributed by atoms with Crippen molar-refractivity contribution in [1.29, 1.82) is 0 Å². The Morgan fingerprint density at radius 1 is 0.970 bits per heavy atom. The molecule has 11 heteroatoms. The highest BCUT2D eigenvalue weighted by atomic mass is 19.4. The van der Waals surface area contributed by atoms with Crippen LogP contribution in [0.5, 0.6) is 23.0 Å². The second kappa shape index (κ2) is 8.77. The second-order valence-corrected chi connectivity index (χ2v) is 6.75. The van der Waals surface area contributed by atoms with Crippen LogP contribution in [0.3, 0.4) is 0 Å². The van der Waals surface area contributed by atoms with Gasteiger partial charge in [-0.05, 0) is 12.1 Å². The van der Waals surface area contributed by atoms with E-state index < -0.39 is 6.36 Å². The van der Waals surface area contributed by atoms with E-state index >= 15 is 0 Å². The highest BCUT2D eigenvalue weighted by Gasteiger charge is 2.31. The van der Waals surface area contributed by atoms with E-state index in [0.29, 0.717) is 45.7 Å². The summed E-state index contributed by atoms with van der Waals surface area (Å²) in [5.74, 6) is 1.33. The molecule has 0 saturated heterocycles. The first kappa shape index (κ1) is 22.1. The normalized spacial score (nSPS) is 11.3. The minimum atomic E-state index is -4.79. The Morgan fingerprint density at radius 2 is 1.70 bits per heavy atom.